The molecule has 1 aliphatic rings. The maximum atomic E-state index is 5.65. The van der Waals surface area contributed by atoms with E-state index in [4.69, 9.17) is 10.5 Å². The molecule has 0 amide bonds. The molecule has 2 heterocycles. The van der Waals surface area contributed by atoms with E-state index in [2.05, 4.69) is 9.88 Å². The first-order valence-corrected chi connectivity index (χ1v) is 6.71. The van der Waals surface area contributed by atoms with E-state index >= 15 is 0 Å². The smallest absolute Gasteiger partial charge is 0.187 e. The Bertz CT molecular complexity index is 329. The molecule has 1 atom stereocenters. The summed E-state index contributed by atoms with van der Waals surface area (Å²) >= 11 is 1.63. The van der Waals surface area contributed by atoms with E-state index in [9.17, 15) is 0 Å². The molecule has 90 valence electrons. The van der Waals surface area contributed by atoms with Crippen LogP contribution in [0.2, 0.25) is 0 Å². The van der Waals surface area contributed by atoms with Crippen molar-refractivity contribution in [3.63, 3.8) is 0 Å². The Morgan fingerprint density at radius 1 is 1.69 bits per heavy atom. The number of rotatable bonds is 4. The molecule has 5 heteroatoms. The van der Waals surface area contributed by atoms with Crippen LogP contribution in [0.4, 0.5) is 10.9 Å². The summed E-state index contributed by atoms with van der Waals surface area (Å²) in [4.78, 5) is 6.66. The molecule has 1 aromatic heterocycles. The summed E-state index contributed by atoms with van der Waals surface area (Å²) < 4.78 is 5.49. The summed E-state index contributed by atoms with van der Waals surface area (Å²) in [6, 6.07) is 0. The molecule has 2 N–H and O–H groups in total. The molecular weight excluding hydrogens is 222 g/mol. The molecule has 0 bridgehead atoms. The third-order valence-corrected chi connectivity index (χ3v) is 3.78. The van der Waals surface area contributed by atoms with Gasteiger partial charge < -0.3 is 15.4 Å². The fraction of sp³-hybridized carbons (Fsp3) is 0.727. The Morgan fingerprint density at radius 3 is 3.25 bits per heavy atom. The first-order valence-electron chi connectivity index (χ1n) is 5.83. The van der Waals surface area contributed by atoms with Crippen molar-refractivity contribution in [1.82, 2.24) is 4.98 Å². The molecule has 0 unspecified atom stereocenters. The minimum absolute atomic E-state index is 0.631. The van der Waals surface area contributed by atoms with E-state index in [1.54, 1.807) is 11.3 Å². The first-order chi connectivity index (χ1) is 7.79. The Morgan fingerprint density at radius 2 is 2.56 bits per heavy atom. The van der Waals surface area contributed by atoms with Crippen molar-refractivity contribution in [3.8, 4) is 0 Å². The second-order valence-corrected chi connectivity index (χ2v) is 5.01. The number of nitrogens with two attached hydrogens (primary N) is 1. The van der Waals surface area contributed by atoms with Crippen LogP contribution in [0.5, 0.6) is 0 Å². The number of hydrogen-bond donors (Lipinski definition) is 1. The van der Waals surface area contributed by atoms with Crippen LogP contribution in [0.3, 0.4) is 0 Å². The van der Waals surface area contributed by atoms with Crippen molar-refractivity contribution >= 4 is 22.3 Å². The Labute approximate surface area is 100 Å². The zero-order valence-electron chi connectivity index (χ0n) is 9.69. The van der Waals surface area contributed by atoms with Gasteiger partial charge in [-0.15, -0.1) is 11.3 Å². The van der Waals surface area contributed by atoms with Gasteiger partial charge in [-0.2, -0.15) is 0 Å². The zero-order chi connectivity index (χ0) is 11.4. The Hall–Kier alpha value is -0.810. The van der Waals surface area contributed by atoms with Crippen molar-refractivity contribution in [3.05, 3.63) is 5.38 Å². The molecule has 1 fully saturated rings. The van der Waals surface area contributed by atoms with Crippen LogP contribution in [0, 0.1) is 5.92 Å². The first kappa shape index (κ1) is 11.7. The largest absolute Gasteiger partial charge is 0.383 e. The summed E-state index contributed by atoms with van der Waals surface area (Å²) in [6.07, 6.45) is 2.48. The van der Waals surface area contributed by atoms with Crippen LogP contribution in [-0.2, 0) is 4.74 Å². The minimum atomic E-state index is 0.631. The number of aromatic nitrogens is 1. The standard InChI is InChI=1S/C11H19N3OS/c1-2-15-7-9-4-3-5-14(6-9)11-13-10(12)8-16-11/h8-9H,2-7,12H2,1H3/t9-/m0/s1. The monoisotopic (exact) mass is 241 g/mol. The van der Waals surface area contributed by atoms with Gasteiger partial charge in [0.15, 0.2) is 5.13 Å². The number of nitrogen functional groups attached to an aromatic ring is 1. The molecule has 1 saturated heterocycles. The fourth-order valence-corrected chi connectivity index (χ4v) is 2.83. The summed E-state index contributed by atoms with van der Waals surface area (Å²) in [5, 5.41) is 2.96. The van der Waals surface area contributed by atoms with Crippen LogP contribution < -0.4 is 10.6 Å². The Balaban J connectivity index is 1.91. The van der Waals surface area contributed by atoms with Crippen LogP contribution in [0.15, 0.2) is 5.38 Å². The summed E-state index contributed by atoms with van der Waals surface area (Å²) in [6.45, 7) is 5.86. The average Bonchev–Trinajstić information content (AvgIpc) is 2.74. The van der Waals surface area contributed by atoms with Gasteiger partial charge in [-0.25, -0.2) is 4.98 Å². The predicted molar refractivity (Wildman–Crippen MR) is 68.0 cm³/mol. The van der Waals surface area contributed by atoms with E-state index < -0.39 is 0 Å². The van der Waals surface area contributed by atoms with Gasteiger partial charge >= 0.3 is 0 Å². The fourth-order valence-electron chi connectivity index (χ4n) is 2.08. The highest BCUT2D eigenvalue weighted by Crippen LogP contribution is 2.27. The predicted octanol–water partition coefficient (Wildman–Crippen LogP) is 1.98. The lowest BCUT2D eigenvalue weighted by molar-refractivity contribution is 0.104. The molecule has 1 aromatic rings. The third kappa shape index (κ3) is 2.86. The minimum Gasteiger partial charge on any atom is -0.383 e. The van der Waals surface area contributed by atoms with Crippen molar-refractivity contribution in [1.29, 1.82) is 0 Å². The number of anilines is 2. The summed E-state index contributed by atoms with van der Waals surface area (Å²) in [5.41, 5.74) is 5.65. The SMILES string of the molecule is CCOC[C@H]1CCCN(c2nc(N)cs2)C1. The van der Waals surface area contributed by atoms with E-state index in [0.717, 1.165) is 31.4 Å². The van der Waals surface area contributed by atoms with Crippen LogP contribution in [-0.4, -0.2) is 31.3 Å². The maximum absolute atomic E-state index is 5.65. The molecular formula is C11H19N3OS. The lowest BCUT2D eigenvalue weighted by atomic mass is 9.99. The molecule has 4 nitrogen and oxygen atoms in total. The van der Waals surface area contributed by atoms with Crippen molar-refractivity contribution in [2.75, 3.05) is 36.9 Å². The van der Waals surface area contributed by atoms with Crippen LogP contribution in [0.1, 0.15) is 19.8 Å². The number of thiazole rings is 1. The van der Waals surface area contributed by atoms with Crippen molar-refractivity contribution in [2.24, 2.45) is 5.92 Å². The normalized spacial score (nSPS) is 21.3. The van der Waals surface area contributed by atoms with Crippen LogP contribution in [0.25, 0.3) is 0 Å². The maximum Gasteiger partial charge on any atom is 0.187 e. The Kier molecular flexibility index (Phi) is 4.01. The molecule has 0 aliphatic carbocycles. The molecule has 0 spiro atoms. The van der Waals surface area contributed by atoms with Gasteiger partial charge in [0.05, 0.1) is 6.61 Å². The van der Waals surface area contributed by atoms with E-state index in [-0.39, 0.29) is 0 Å². The van der Waals surface area contributed by atoms with Gasteiger partial charge in [0.1, 0.15) is 5.82 Å². The lowest BCUT2D eigenvalue weighted by Crippen LogP contribution is -2.37. The quantitative estimate of drug-likeness (QED) is 0.875. The van der Waals surface area contributed by atoms with E-state index in [0.29, 0.717) is 11.7 Å². The van der Waals surface area contributed by atoms with Gasteiger partial charge in [-0.05, 0) is 25.7 Å². The van der Waals surface area contributed by atoms with Crippen molar-refractivity contribution < 1.29 is 4.74 Å². The number of nitrogens with zero attached hydrogens (tertiary/aromatic N) is 2. The lowest BCUT2D eigenvalue weighted by Gasteiger charge is -2.32. The van der Waals surface area contributed by atoms with Gasteiger partial charge in [0, 0.05) is 25.1 Å². The summed E-state index contributed by atoms with van der Waals surface area (Å²) in [7, 11) is 0. The van der Waals surface area contributed by atoms with Gasteiger partial charge in [-0.1, -0.05) is 0 Å². The molecule has 1 aliphatic heterocycles. The number of ether oxygens (including phenoxy) is 1. The second kappa shape index (κ2) is 5.50. The number of piperidine rings is 1. The van der Waals surface area contributed by atoms with Crippen molar-refractivity contribution in [2.45, 2.75) is 19.8 Å². The second-order valence-electron chi connectivity index (χ2n) is 4.17. The highest BCUT2D eigenvalue weighted by atomic mass is 32.1. The molecule has 16 heavy (non-hydrogen) atoms. The average molecular weight is 241 g/mol. The summed E-state index contributed by atoms with van der Waals surface area (Å²) in [5.74, 6) is 1.27. The number of hydrogen-bond acceptors (Lipinski definition) is 5. The zero-order valence-corrected chi connectivity index (χ0v) is 10.5. The van der Waals surface area contributed by atoms with E-state index in [1.807, 2.05) is 12.3 Å². The highest BCUT2D eigenvalue weighted by molar-refractivity contribution is 7.14. The topological polar surface area (TPSA) is 51.4 Å². The highest BCUT2D eigenvalue weighted by Gasteiger charge is 2.21. The molecule has 0 aromatic carbocycles. The van der Waals surface area contributed by atoms with Crippen LogP contribution >= 0.6 is 11.3 Å². The molecule has 2 rings (SSSR count). The molecule has 0 radical (unpaired) electrons. The van der Waals surface area contributed by atoms with Gasteiger partial charge in [0.2, 0.25) is 0 Å². The molecule has 0 saturated carbocycles. The third-order valence-electron chi connectivity index (χ3n) is 2.86. The van der Waals surface area contributed by atoms with Gasteiger partial charge in [0.25, 0.3) is 0 Å². The van der Waals surface area contributed by atoms with Gasteiger partial charge in [-0.3, -0.25) is 0 Å². The van der Waals surface area contributed by atoms with E-state index in [1.165, 1.54) is 12.8 Å².